The largest absolute Gasteiger partial charge is 0.396 e. The van der Waals surface area contributed by atoms with E-state index in [0.717, 1.165) is 11.4 Å². The van der Waals surface area contributed by atoms with Gasteiger partial charge in [0.2, 0.25) is 0 Å². The van der Waals surface area contributed by atoms with Crippen LogP contribution in [-0.2, 0) is 4.84 Å². The number of oxime groups is 1. The van der Waals surface area contributed by atoms with Crippen LogP contribution < -0.4 is 0 Å². The van der Waals surface area contributed by atoms with E-state index in [-0.39, 0.29) is 0 Å². The van der Waals surface area contributed by atoms with Crippen LogP contribution in [0, 0.1) is 6.92 Å². The third-order valence-electron chi connectivity index (χ3n) is 1.62. The molecule has 0 saturated carbocycles. The standard InChI is InChI=1S/C10H14N2O/c1-4-13-12-9(3)10-7-8(2)5-6-11-10/h5-7H,4H2,1-3H3/b12-9-. The van der Waals surface area contributed by atoms with Gasteiger partial charge in [-0.1, -0.05) is 5.16 Å². The van der Waals surface area contributed by atoms with Crippen LogP contribution in [0.4, 0.5) is 0 Å². The molecule has 0 amide bonds. The average Bonchev–Trinajstić information content (AvgIpc) is 2.14. The zero-order valence-electron chi connectivity index (χ0n) is 8.24. The Morgan fingerprint density at radius 3 is 3.00 bits per heavy atom. The van der Waals surface area contributed by atoms with E-state index in [0.29, 0.717) is 6.61 Å². The molecule has 0 aliphatic rings. The Bertz CT molecular complexity index is 308. The summed E-state index contributed by atoms with van der Waals surface area (Å²) in [5.41, 5.74) is 2.86. The fraction of sp³-hybridized carbons (Fsp3) is 0.400. The lowest BCUT2D eigenvalue weighted by Gasteiger charge is -2.00. The van der Waals surface area contributed by atoms with Gasteiger partial charge in [-0.05, 0) is 38.5 Å². The molecular formula is C10H14N2O. The summed E-state index contributed by atoms with van der Waals surface area (Å²) < 4.78 is 0. The second kappa shape index (κ2) is 4.60. The summed E-state index contributed by atoms with van der Waals surface area (Å²) in [6, 6.07) is 3.94. The Hall–Kier alpha value is -1.38. The molecule has 0 radical (unpaired) electrons. The molecule has 1 rings (SSSR count). The van der Waals surface area contributed by atoms with E-state index < -0.39 is 0 Å². The van der Waals surface area contributed by atoms with E-state index in [1.165, 1.54) is 5.56 Å². The highest BCUT2D eigenvalue weighted by Crippen LogP contribution is 2.01. The minimum atomic E-state index is 0.586. The maximum Gasteiger partial charge on any atom is 0.114 e. The Kier molecular flexibility index (Phi) is 3.43. The summed E-state index contributed by atoms with van der Waals surface area (Å²) >= 11 is 0. The fourth-order valence-electron chi connectivity index (χ4n) is 0.942. The molecule has 0 atom stereocenters. The lowest BCUT2D eigenvalue weighted by molar-refractivity contribution is 0.159. The molecule has 1 aromatic rings. The van der Waals surface area contributed by atoms with Crippen LogP contribution in [0.25, 0.3) is 0 Å². The van der Waals surface area contributed by atoms with Crippen molar-refractivity contribution < 1.29 is 4.84 Å². The van der Waals surface area contributed by atoms with Gasteiger partial charge in [-0.25, -0.2) is 0 Å². The van der Waals surface area contributed by atoms with Crippen molar-refractivity contribution in [3.05, 3.63) is 29.6 Å². The van der Waals surface area contributed by atoms with E-state index in [9.17, 15) is 0 Å². The Morgan fingerprint density at radius 1 is 1.62 bits per heavy atom. The lowest BCUT2D eigenvalue weighted by atomic mass is 10.2. The first-order chi connectivity index (χ1) is 6.24. The molecule has 0 fully saturated rings. The highest BCUT2D eigenvalue weighted by Gasteiger charge is 1.98. The SMILES string of the molecule is CCO/N=C(/C)c1cc(C)ccn1. The van der Waals surface area contributed by atoms with E-state index in [4.69, 9.17) is 4.84 Å². The first kappa shape index (κ1) is 9.71. The van der Waals surface area contributed by atoms with Gasteiger partial charge >= 0.3 is 0 Å². The summed E-state index contributed by atoms with van der Waals surface area (Å²) in [6.07, 6.45) is 1.77. The van der Waals surface area contributed by atoms with Crippen molar-refractivity contribution in [2.45, 2.75) is 20.8 Å². The van der Waals surface area contributed by atoms with E-state index in [1.807, 2.05) is 32.9 Å². The van der Waals surface area contributed by atoms with Gasteiger partial charge in [0, 0.05) is 6.20 Å². The predicted octanol–water partition coefficient (Wildman–Crippen LogP) is 2.15. The highest BCUT2D eigenvalue weighted by molar-refractivity contribution is 5.96. The summed E-state index contributed by atoms with van der Waals surface area (Å²) in [4.78, 5) is 9.12. The zero-order chi connectivity index (χ0) is 9.68. The van der Waals surface area contributed by atoms with Gasteiger partial charge in [0.05, 0.1) is 5.69 Å². The summed E-state index contributed by atoms with van der Waals surface area (Å²) in [7, 11) is 0. The van der Waals surface area contributed by atoms with Crippen LogP contribution in [0.15, 0.2) is 23.5 Å². The number of nitrogens with zero attached hydrogens (tertiary/aromatic N) is 2. The summed E-state index contributed by atoms with van der Waals surface area (Å²) in [5.74, 6) is 0. The predicted molar refractivity (Wildman–Crippen MR) is 52.8 cm³/mol. The molecule has 0 saturated heterocycles. The smallest absolute Gasteiger partial charge is 0.114 e. The number of rotatable bonds is 3. The van der Waals surface area contributed by atoms with Gasteiger partial charge in [0.15, 0.2) is 0 Å². The number of hydrogen-bond acceptors (Lipinski definition) is 3. The lowest BCUT2D eigenvalue weighted by Crippen LogP contribution is -1.99. The van der Waals surface area contributed by atoms with E-state index in [2.05, 4.69) is 10.1 Å². The molecule has 0 N–H and O–H groups in total. The molecule has 0 spiro atoms. The molecule has 0 unspecified atom stereocenters. The van der Waals surface area contributed by atoms with Crippen molar-refractivity contribution in [1.82, 2.24) is 4.98 Å². The van der Waals surface area contributed by atoms with Gasteiger partial charge in [0.1, 0.15) is 12.3 Å². The minimum absolute atomic E-state index is 0.586. The van der Waals surface area contributed by atoms with Crippen LogP contribution in [-0.4, -0.2) is 17.3 Å². The molecule has 3 nitrogen and oxygen atoms in total. The highest BCUT2D eigenvalue weighted by atomic mass is 16.6. The van der Waals surface area contributed by atoms with Gasteiger partial charge in [-0.15, -0.1) is 0 Å². The molecule has 0 aliphatic carbocycles. The average molecular weight is 178 g/mol. The second-order valence-corrected chi connectivity index (χ2v) is 2.81. The number of hydrogen-bond donors (Lipinski definition) is 0. The third kappa shape index (κ3) is 2.86. The maximum absolute atomic E-state index is 4.94. The molecule has 3 heteroatoms. The van der Waals surface area contributed by atoms with Crippen LogP contribution in [0.3, 0.4) is 0 Å². The second-order valence-electron chi connectivity index (χ2n) is 2.81. The Labute approximate surface area is 78.4 Å². The minimum Gasteiger partial charge on any atom is -0.396 e. The Morgan fingerprint density at radius 2 is 2.38 bits per heavy atom. The van der Waals surface area contributed by atoms with Crippen LogP contribution in [0.1, 0.15) is 25.1 Å². The van der Waals surface area contributed by atoms with Gasteiger partial charge in [-0.3, -0.25) is 4.98 Å². The van der Waals surface area contributed by atoms with E-state index >= 15 is 0 Å². The van der Waals surface area contributed by atoms with Crippen molar-refractivity contribution in [3.8, 4) is 0 Å². The fourth-order valence-corrected chi connectivity index (χ4v) is 0.942. The number of pyridine rings is 1. The van der Waals surface area contributed by atoms with Crippen LogP contribution in [0.5, 0.6) is 0 Å². The summed E-state index contributed by atoms with van der Waals surface area (Å²) in [6.45, 7) is 6.40. The quantitative estimate of drug-likeness (QED) is 0.525. The molecule has 70 valence electrons. The van der Waals surface area contributed by atoms with Gasteiger partial charge < -0.3 is 4.84 Å². The zero-order valence-corrected chi connectivity index (χ0v) is 8.24. The van der Waals surface area contributed by atoms with Crippen LogP contribution >= 0.6 is 0 Å². The molecule has 0 bridgehead atoms. The molecule has 13 heavy (non-hydrogen) atoms. The number of aryl methyl sites for hydroxylation is 1. The maximum atomic E-state index is 4.94. The van der Waals surface area contributed by atoms with Gasteiger partial charge in [-0.2, -0.15) is 0 Å². The molecular weight excluding hydrogens is 164 g/mol. The molecule has 0 aromatic carbocycles. The summed E-state index contributed by atoms with van der Waals surface area (Å²) in [5, 5.41) is 3.91. The monoisotopic (exact) mass is 178 g/mol. The topological polar surface area (TPSA) is 34.5 Å². The van der Waals surface area contributed by atoms with E-state index in [1.54, 1.807) is 6.20 Å². The first-order valence-corrected chi connectivity index (χ1v) is 4.33. The first-order valence-electron chi connectivity index (χ1n) is 4.33. The van der Waals surface area contributed by atoms with Crippen molar-refractivity contribution in [2.24, 2.45) is 5.16 Å². The third-order valence-corrected chi connectivity index (χ3v) is 1.62. The molecule has 0 aliphatic heterocycles. The number of aromatic nitrogens is 1. The van der Waals surface area contributed by atoms with Crippen molar-refractivity contribution in [2.75, 3.05) is 6.61 Å². The normalized spacial score (nSPS) is 11.5. The molecule has 1 heterocycles. The molecule has 1 aromatic heterocycles. The Balaban J connectivity index is 2.82. The van der Waals surface area contributed by atoms with Crippen molar-refractivity contribution in [3.63, 3.8) is 0 Å². The van der Waals surface area contributed by atoms with Gasteiger partial charge in [0.25, 0.3) is 0 Å². The van der Waals surface area contributed by atoms with Crippen molar-refractivity contribution in [1.29, 1.82) is 0 Å². The van der Waals surface area contributed by atoms with Crippen LogP contribution in [0.2, 0.25) is 0 Å². The van der Waals surface area contributed by atoms with Crippen molar-refractivity contribution >= 4 is 5.71 Å².